The SMILES string of the molecule is C=C(OCC)c1c(C2C[C@H]3CC[C@@H](C2)N3C(=O)OC(C)(C)C)nc2c(-c3ccc(/C=N/S(=O)C(C)(C)C)nc3)cnn2c1N(COCC[Si](C)(C)C)COCC[Si](C)(C)C. The minimum absolute atomic E-state index is 0.0113. The van der Waals surface area contributed by atoms with Crippen molar-refractivity contribution in [3.63, 3.8) is 0 Å². The van der Waals surface area contributed by atoms with Gasteiger partial charge in [0.15, 0.2) is 5.65 Å². The number of amides is 1. The lowest BCUT2D eigenvalue weighted by atomic mass is 9.85. The van der Waals surface area contributed by atoms with Gasteiger partial charge < -0.3 is 28.7 Å². The van der Waals surface area contributed by atoms with E-state index in [1.54, 1.807) is 12.4 Å². The topological polar surface area (TPSA) is 133 Å². The first-order chi connectivity index (χ1) is 28.0. The van der Waals surface area contributed by atoms with Crippen LogP contribution in [0, 0.1) is 0 Å². The second-order valence-electron chi connectivity index (χ2n) is 20.6. The fraction of sp³-hybridized carbons (Fsp3) is 0.659. The van der Waals surface area contributed by atoms with Crippen LogP contribution in [0.15, 0.2) is 35.5 Å². The molecule has 60 heavy (non-hydrogen) atoms. The van der Waals surface area contributed by atoms with Gasteiger partial charge in [0.05, 0.1) is 40.7 Å². The van der Waals surface area contributed by atoms with E-state index in [2.05, 4.69) is 60.1 Å². The van der Waals surface area contributed by atoms with E-state index < -0.39 is 37.5 Å². The normalized spacial score (nSPS) is 19.3. The maximum Gasteiger partial charge on any atom is 0.410 e. The number of rotatable bonds is 18. The van der Waals surface area contributed by atoms with Gasteiger partial charge in [-0.1, -0.05) is 51.9 Å². The smallest absolute Gasteiger partial charge is 0.410 e. The summed E-state index contributed by atoms with van der Waals surface area (Å²) in [6.07, 6.45) is 8.16. The molecule has 0 aromatic carbocycles. The molecule has 4 atom stereocenters. The minimum Gasteiger partial charge on any atom is -0.494 e. The van der Waals surface area contributed by atoms with Crippen LogP contribution in [0.1, 0.15) is 97.0 Å². The summed E-state index contributed by atoms with van der Waals surface area (Å²) in [5.74, 6) is 1.23. The number of hydrogen-bond acceptors (Lipinski definition) is 10. The Labute approximate surface area is 363 Å². The van der Waals surface area contributed by atoms with Crippen molar-refractivity contribution in [1.82, 2.24) is 24.5 Å². The molecule has 0 radical (unpaired) electrons. The maximum absolute atomic E-state index is 13.6. The van der Waals surface area contributed by atoms with Crippen LogP contribution >= 0.6 is 0 Å². The van der Waals surface area contributed by atoms with Crippen molar-refractivity contribution in [1.29, 1.82) is 0 Å². The molecule has 2 fully saturated rings. The van der Waals surface area contributed by atoms with Gasteiger partial charge in [-0.15, -0.1) is 0 Å². The van der Waals surface area contributed by atoms with Crippen molar-refractivity contribution in [3.05, 3.63) is 48.1 Å². The third kappa shape index (κ3) is 12.6. The molecule has 0 aliphatic carbocycles. The van der Waals surface area contributed by atoms with Crippen molar-refractivity contribution in [2.45, 2.75) is 154 Å². The molecule has 2 unspecified atom stereocenters. The molecule has 3 aromatic rings. The Morgan fingerprint density at radius 2 is 1.57 bits per heavy atom. The summed E-state index contributed by atoms with van der Waals surface area (Å²) in [5.41, 5.74) is 3.92. The number of ether oxygens (including phenoxy) is 4. The maximum atomic E-state index is 13.6. The zero-order valence-corrected chi connectivity index (χ0v) is 41.4. The van der Waals surface area contributed by atoms with Crippen LogP contribution in [-0.4, -0.2) is 113 Å². The van der Waals surface area contributed by atoms with Gasteiger partial charge in [0.25, 0.3) is 0 Å². The molecule has 2 aliphatic heterocycles. The second-order valence-corrected chi connectivity index (χ2v) is 33.8. The number of pyridine rings is 1. The van der Waals surface area contributed by atoms with Gasteiger partial charge in [0.2, 0.25) is 0 Å². The molecule has 13 nitrogen and oxygen atoms in total. The molecule has 3 aromatic heterocycles. The Morgan fingerprint density at radius 3 is 2.07 bits per heavy atom. The number of aromatic nitrogens is 4. The summed E-state index contributed by atoms with van der Waals surface area (Å²) in [7, 11) is -4.13. The average molecular weight is 882 g/mol. The highest BCUT2D eigenvalue weighted by molar-refractivity contribution is 7.85. The monoisotopic (exact) mass is 881 g/mol. The van der Waals surface area contributed by atoms with Gasteiger partial charge in [-0.05, 0) is 92.3 Å². The number of fused-ring (bicyclic) bond motifs is 3. The third-order valence-corrected chi connectivity index (χ3v) is 15.4. The van der Waals surface area contributed by atoms with E-state index in [0.29, 0.717) is 36.9 Å². The fourth-order valence-corrected chi connectivity index (χ4v) is 9.51. The van der Waals surface area contributed by atoms with Crippen LogP contribution in [0.3, 0.4) is 0 Å². The minimum atomic E-state index is -1.40. The zero-order valence-electron chi connectivity index (χ0n) is 38.6. The van der Waals surface area contributed by atoms with Gasteiger partial charge in [-0.2, -0.15) is 14.0 Å². The van der Waals surface area contributed by atoms with Crippen LogP contribution in [0.4, 0.5) is 10.6 Å². The van der Waals surface area contributed by atoms with Crippen molar-refractivity contribution in [2.75, 3.05) is 38.2 Å². The Kier molecular flexibility index (Phi) is 15.3. The van der Waals surface area contributed by atoms with Gasteiger partial charge in [-0.3, -0.25) is 4.98 Å². The molecule has 5 heterocycles. The Hall–Kier alpha value is -3.45. The van der Waals surface area contributed by atoms with Crippen LogP contribution in [0.25, 0.3) is 22.5 Å². The molecular formula is C44H71N7O6SSi2. The van der Waals surface area contributed by atoms with E-state index in [4.69, 9.17) is 29.0 Å². The molecule has 0 saturated carbocycles. The van der Waals surface area contributed by atoms with Crippen molar-refractivity contribution >= 4 is 56.7 Å². The van der Waals surface area contributed by atoms with Gasteiger partial charge >= 0.3 is 6.09 Å². The number of carbonyl (C=O) groups is 1. The molecule has 1 amide bonds. The summed E-state index contributed by atoms with van der Waals surface area (Å²) < 4.78 is 43.5. The Morgan fingerprint density at radius 1 is 0.967 bits per heavy atom. The van der Waals surface area contributed by atoms with Crippen molar-refractivity contribution in [2.24, 2.45) is 4.40 Å². The zero-order chi connectivity index (χ0) is 44.2. The predicted molar refractivity (Wildman–Crippen MR) is 250 cm³/mol. The van der Waals surface area contributed by atoms with Gasteiger partial charge in [-0.25, -0.2) is 14.0 Å². The van der Waals surface area contributed by atoms with E-state index in [1.807, 2.05) is 76.2 Å². The lowest BCUT2D eigenvalue weighted by molar-refractivity contribution is 0.00566. The van der Waals surface area contributed by atoms with Gasteiger partial charge in [0, 0.05) is 64.7 Å². The lowest BCUT2D eigenvalue weighted by Crippen LogP contribution is -2.48. The third-order valence-electron chi connectivity index (χ3n) is 10.7. The molecule has 332 valence electrons. The molecule has 2 saturated heterocycles. The molecular weight excluding hydrogens is 811 g/mol. The first-order valence-corrected chi connectivity index (χ1v) is 30.1. The Bertz CT molecular complexity index is 1980. The highest BCUT2D eigenvalue weighted by Gasteiger charge is 2.46. The summed E-state index contributed by atoms with van der Waals surface area (Å²) >= 11 is 0. The number of carbonyl (C=O) groups excluding carboxylic acids is 1. The number of anilines is 1. The number of nitrogens with zero attached hydrogens (tertiary/aromatic N) is 7. The highest BCUT2D eigenvalue weighted by atomic mass is 32.2. The van der Waals surface area contributed by atoms with E-state index in [-0.39, 0.29) is 37.6 Å². The largest absolute Gasteiger partial charge is 0.494 e. The first-order valence-electron chi connectivity index (χ1n) is 21.5. The van der Waals surface area contributed by atoms with Crippen LogP contribution in [0.5, 0.6) is 0 Å². The Balaban J connectivity index is 1.66. The lowest BCUT2D eigenvalue weighted by Gasteiger charge is -2.40. The predicted octanol–water partition coefficient (Wildman–Crippen LogP) is 9.76. The summed E-state index contributed by atoms with van der Waals surface area (Å²) in [6, 6.07) is 5.91. The molecule has 16 heteroatoms. The number of hydrogen-bond donors (Lipinski definition) is 0. The van der Waals surface area contributed by atoms with Crippen LogP contribution < -0.4 is 4.90 Å². The van der Waals surface area contributed by atoms with E-state index in [1.165, 1.54) is 0 Å². The first kappa shape index (κ1) is 47.6. The van der Waals surface area contributed by atoms with E-state index >= 15 is 0 Å². The second kappa shape index (κ2) is 19.3. The van der Waals surface area contributed by atoms with Crippen molar-refractivity contribution < 1.29 is 28.0 Å². The van der Waals surface area contributed by atoms with Gasteiger partial charge in [0.1, 0.15) is 41.6 Å². The van der Waals surface area contributed by atoms with Crippen molar-refractivity contribution in [3.8, 4) is 11.1 Å². The summed E-state index contributed by atoms with van der Waals surface area (Å²) in [6.45, 7) is 34.2. The van der Waals surface area contributed by atoms with E-state index in [0.717, 1.165) is 66.0 Å². The van der Waals surface area contributed by atoms with Crippen LogP contribution in [-0.2, 0) is 29.9 Å². The quantitative estimate of drug-likeness (QED) is 0.0400. The summed E-state index contributed by atoms with van der Waals surface area (Å²) in [5, 5.41) is 5.02. The molecule has 5 rings (SSSR count). The fourth-order valence-electron chi connectivity index (χ4n) is 7.48. The summed E-state index contributed by atoms with van der Waals surface area (Å²) in [4.78, 5) is 27.8. The molecule has 0 spiro atoms. The molecule has 2 aliphatic rings. The molecule has 0 N–H and O–H groups in total. The standard InChI is InChI=1S/C44H71N7O6SSi2/c1-15-56-31(2)38-39(33-24-35-18-19-36(25-33)50(35)42(52)57-43(3,4)5)48-40-37(32-16-17-34(45-26-32)27-47-58(53)44(6,7)8)28-46-51(40)41(38)49(29-54-20-22-59(9,10)11)30-55-21-23-60(12,13)14/h16-17,26-28,33,35-36H,2,15,18-25,29-30H2,1,3-14H3/b47-27+/t33?,35-,36+,58?. The molecule has 2 bridgehead atoms. The average Bonchev–Trinajstić information content (AvgIpc) is 3.68. The highest BCUT2D eigenvalue weighted by Crippen LogP contribution is 2.47. The number of piperidine rings is 1. The van der Waals surface area contributed by atoms with Crippen LogP contribution in [0.2, 0.25) is 51.4 Å². The van der Waals surface area contributed by atoms with E-state index in [9.17, 15) is 9.00 Å².